The molecule has 0 saturated heterocycles. The van der Waals surface area contributed by atoms with Gasteiger partial charge in [-0.3, -0.25) is 4.79 Å². The van der Waals surface area contributed by atoms with E-state index in [2.05, 4.69) is 20.8 Å². The van der Waals surface area contributed by atoms with Crippen molar-refractivity contribution in [2.24, 2.45) is 46.3 Å². The van der Waals surface area contributed by atoms with E-state index in [-0.39, 0.29) is 41.3 Å². The second kappa shape index (κ2) is 7.49. The van der Waals surface area contributed by atoms with E-state index in [0.717, 1.165) is 44.9 Å². The maximum Gasteiger partial charge on any atom is 0.303 e. The first-order valence-corrected chi connectivity index (χ1v) is 11.8. The highest BCUT2D eigenvalue weighted by Gasteiger charge is 2.65. The molecule has 4 aliphatic carbocycles. The minimum absolute atomic E-state index is 0.0957. The molecule has 0 heterocycles. The summed E-state index contributed by atoms with van der Waals surface area (Å²) in [5, 5.41) is 42.0. The Kier molecular flexibility index (Phi) is 5.57. The van der Waals surface area contributed by atoms with Crippen LogP contribution in [0.1, 0.15) is 78.6 Å². The van der Waals surface area contributed by atoms with E-state index >= 15 is 0 Å². The van der Waals surface area contributed by atoms with Crippen molar-refractivity contribution in [3.8, 4) is 0 Å². The third kappa shape index (κ3) is 3.27. The number of carbonyl (C=O) groups is 1. The third-order valence-electron chi connectivity index (χ3n) is 10.3. The number of aliphatic hydroxyl groups is 3. The van der Waals surface area contributed by atoms with Gasteiger partial charge in [0.1, 0.15) is 0 Å². The molecule has 4 aliphatic rings. The van der Waals surface area contributed by atoms with Gasteiger partial charge in [-0.15, -0.1) is 0 Å². The van der Waals surface area contributed by atoms with Gasteiger partial charge in [-0.1, -0.05) is 20.8 Å². The Morgan fingerprint density at radius 2 is 1.76 bits per heavy atom. The minimum atomic E-state index is -0.748. The third-order valence-corrected chi connectivity index (χ3v) is 10.3. The fourth-order valence-corrected chi connectivity index (χ4v) is 8.68. The van der Waals surface area contributed by atoms with Crippen molar-refractivity contribution in [2.45, 2.75) is 96.9 Å². The predicted molar refractivity (Wildman–Crippen MR) is 110 cm³/mol. The second-order valence-corrected chi connectivity index (χ2v) is 11.4. The maximum absolute atomic E-state index is 11.5. The molecule has 0 amide bonds. The molecule has 29 heavy (non-hydrogen) atoms. The van der Waals surface area contributed by atoms with Crippen molar-refractivity contribution in [1.29, 1.82) is 0 Å². The van der Waals surface area contributed by atoms with Crippen LogP contribution in [0.3, 0.4) is 0 Å². The van der Waals surface area contributed by atoms with Crippen molar-refractivity contribution in [3.63, 3.8) is 0 Å². The molecule has 0 aromatic carbocycles. The van der Waals surface area contributed by atoms with Crippen LogP contribution in [0, 0.1) is 46.3 Å². The highest BCUT2D eigenvalue weighted by atomic mass is 16.4. The van der Waals surface area contributed by atoms with Crippen LogP contribution in [-0.4, -0.2) is 44.7 Å². The molecule has 166 valence electrons. The SMILES string of the molecule is CC(CCC(=O)O)C1CCC2C3C(O)C[C@@H]4C[C@H](O)CCC4(C)C3C[C@H](O)C12C. The van der Waals surface area contributed by atoms with Gasteiger partial charge in [-0.2, -0.15) is 0 Å². The van der Waals surface area contributed by atoms with Crippen molar-refractivity contribution in [1.82, 2.24) is 0 Å². The van der Waals surface area contributed by atoms with Gasteiger partial charge in [0.25, 0.3) is 0 Å². The van der Waals surface area contributed by atoms with Crippen LogP contribution in [-0.2, 0) is 4.79 Å². The van der Waals surface area contributed by atoms with Gasteiger partial charge in [-0.05, 0) is 97.7 Å². The van der Waals surface area contributed by atoms with Crippen LogP contribution in [0.4, 0.5) is 0 Å². The lowest BCUT2D eigenvalue weighted by Gasteiger charge is -2.63. The van der Waals surface area contributed by atoms with E-state index in [1.165, 1.54) is 0 Å². The van der Waals surface area contributed by atoms with Crippen molar-refractivity contribution < 1.29 is 25.2 Å². The number of carboxylic acid groups (broad SMARTS) is 1. The first kappa shape index (κ1) is 21.6. The molecule has 0 radical (unpaired) electrons. The molecule has 0 aromatic rings. The Hall–Kier alpha value is -0.650. The summed E-state index contributed by atoms with van der Waals surface area (Å²) in [6, 6.07) is 0. The average Bonchev–Trinajstić information content (AvgIpc) is 3.01. The van der Waals surface area contributed by atoms with Gasteiger partial charge in [0.15, 0.2) is 0 Å². The van der Waals surface area contributed by atoms with Crippen LogP contribution in [0.25, 0.3) is 0 Å². The molecule has 0 spiro atoms. The van der Waals surface area contributed by atoms with E-state index in [9.17, 15) is 20.1 Å². The second-order valence-electron chi connectivity index (χ2n) is 11.4. The number of rotatable bonds is 4. The van der Waals surface area contributed by atoms with E-state index in [0.29, 0.717) is 30.1 Å². The largest absolute Gasteiger partial charge is 0.481 e. The molecule has 8 unspecified atom stereocenters. The summed E-state index contributed by atoms with van der Waals surface area (Å²) >= 11 is 0. The molecule has 4 rings (SSSR count). The number of fused-ring (bicyclic) bond motifs is 5. The zero-order chi connectivity index (χ0) is 21.1. The summed E-state index contributed by atoms with van der Waals surface area (Å²) in [6.45, 7) is 6.72. The maximum atomic E-state index is 11.5. The number of aliphatic carboxylic acids is 1. The Morgan fingerprint density at radius 3 is 2.45 bits per heavy atom. The Bertz CT molecular complexity index is 637. The average molecular weight is 409 g/mol. The van der Waals surface area contributed by atoms with Crippen LogP contribution in [0.15, 0.2) is 0 Å². The lowest BCUT2D eigenvalue weighted by atomic mass is 9.43. The molecular weight excluding hydrogens is 368 g/mol. The van der Waals surface area contributed by atoms with Gasteiger partial charge in [0.05, 0.1) is 18.3 Å². The summed E-state index contributed by atoms with van der Waals surface area (Å²) in [6.07, 6.45) is 6.00. The molecule has 0 aromatic heterocycles. The zero-order valence-electron chi connectivity index (χ0n) is 18.3. The number of carboxylic acids is 1. The summed E-state index contributed by atoms with van der Waals surface area (Å²) in [5.74, 6) is 0.997. The van der Waals surface area contributed by atoms with Gasteiger partial charge >= 0.3 is 5.97 Å². The summed E-state index contributed by atoms with van der Waals surface area (Å²) in [5.41, 5.74) is -0.143. The lowest BCUT2D eigenvalue weighted by Crippen LogP contribution is -2.62. The number of hydrogen-bond acceptors (Lipinski definition) is 4. The van der Waals surface area contributed by atoms with Gasteiger partial charge < -0.3 is 20.4 Å². The molecule has 5 nitrogen and oxygen atoms in total. The van der Waals surface area contributed by atoms with Crippen LogP contribution in [0.5, 0.6) is 0 Å². The lowest BCUT2D eigenvalue weighted by molar-refractivity contribution is -0.207. The highest BCUT2D eigenvalue weighted by molar-refractivity contribution is 5.66. The monoisotopic (exact) mass is 408 g/mol. The fraction of sp³-hybridized carbons (Fsp3) is 0.958. The number of aliphatic hydroxyl groups excluding tert-OH is 3. The molecule has 11 atom stereocenters. The Balaban J connectivity index is 1.61. The molecule has 4 saturated carbocycles. The minimum Gasteiger partial charge on any atom is -0.481 e. The quantitative estimate of drug-likeness (QED) is 0.571. The molecule has 0 aliphatic heterocycles. The summed E-state index contributed by atoms with van der Waals surface area (Å²) < 4.78 is 0. The predicted octanol–water partition coefficient (Wildman–Crippen LogP) is 3.45. The molecule has 5 heteroatoms. The van der Waals surface area contributed by atoms with Gasteiger partial charge in [0, 0.05) is 6.42 Å². The topological polar surface area (TPSA) is 98.0 Å². The summed E-state index contributed by atoms with van der Waals surface area (Å²) in [4.78, 5) is 11.1. The van der Waals surface area contributed by atoms with Crippen molar-refractivity contribution in [2.75, 3.05) is 0 Å². The zero-order valence-corrected chi connectivity index (χ0v) is 18.3. The van der Waals surface area contributed by atoms with Crippen molar-refractivity contribution in [3.05, 3.63) is 0 Å². The number of hydrogen-bond donors (Lipinski definition) is 4. The van der Waals surface area contributed by atoms with E-state index in [1.54, 1.807) is 0 Å². The van der Waals surface area contributed by atoms with E-state index < -0.39 is 12.1 Å². The first-order chi connectivity index (χ1) is 13.6. The Morgan fingerprint density at radius 1 is 1.03 bits per heavy atom. The first-order valence-electron chi connectivity index (χ1n) is 11.8. The van der Waals surface area contributed by atoms with Gasteiger partial charge in [0.2, 0.25) is 0 Å². The van der Waals surface area contributed by atoms with Crippen molar-refractivity contribution >= 4 is 5.97 Å². The molecular formula is C24H40O5. The van der Waals surface area contributed by atoms with Crippen LogP contribution < -0.4 is 0 Å². The standard InChI is InChI=1S/C24H40O5/c1-13(4-7-21(28)29)16-5-6-17-22-18(12-20(27)24(16,17)3)23(2)9-8-15(25)10-14(23)11-19(22)26/h13-20,22,25-27H,4-12H2,1-3H3,(H,28,29)/t13?,14-,15+,16?,17?,18?,19?,20-,22?,23?,24?/m0/s1. The summed E-state index contributed by atoms with van der Waals surface area (Å²) in [7, 11) is 0. The van der Waals surface area contributed by atoms with E-state index in [1.807, 2.05) is 0 Å². The van der Waals surface area contributed by atoms with E-state index in [4.69, 9.17) is 5.11 Å². The fourth-order valence-electron chi connectivity index (χ4n) is 8.68. The normalized spacial score (nSPS) is 52.9. The molecule has 0 bridgehead atoms. The van der Waals surface area contributed by atoms with Crippen LogP contribution in [0.2, 0.25) is 0 Å². The van der Waals surface area contributed by atoms with Crippen LogP contribution >= 0.6 is 0 Å². The molecule has 4 N–H and O–H groups in total. The smallest absolute Gasteiger partial charge is 0.303 e. The molecule has 4 fully saturated rings. The Labute approximate surface area is 174 Å². The van der Waals surface area contributed by atoms with Gasteiger partial charge in [-0.25, -0.2) is 0 Å². The highest BCUT2D eigenvalue weighted by Crippen LogP contribution is 2.68.